The van der Waals surface area contributed by atoms with Crippen molar-refractivity contribution in [2.45, 2.75) is 6.92 Å². The number of esters is 1. The summed E-state index contributed by atoms with van der Waals surface area (Å²) in [6, 6.07) is 6.72. The Morgan fingerprint density at radius 3 is 2.68 bits per heavy atom. The summed E-state index contributed by atoms with van der Waals surface area (Å²) in [5, 5.41) is 0.347. The Morgan fingerprint density at radius 2 is 2.05 bits per heavy atom. The zero-order valence-electron chi connectivity index (χ0n) is 10.4. The Hall–Kier alpha value is -2.62. The van der Waals surface area contributed by atoms with Crippen LogP contribution in [0.5, 0.6) is 5.75 Å². The summed E-state index contributed by atoms with van der Waals surface area (Å²) < 4.78 is 10.5. The van der Waals surface area contributed by atoms with Crippen LogP contribution in [0.1, 0.15) is 12.7 Å². The summed E-state index contributed by atoms with van der Waals surface area (Å²) in [5.74, 6) is -0.634. The molecule has 0 amide bonds. The molecule has 19 heavy (non-hydrogen) atoms. The van der Waals surface area contributed by atoms with E-state index in [1.54, 1.807) is 24.3 Å². The Labute approximate surface area is 109 Å². The van der Waals surface area contributed by atoms with Crippen LogP contribution in [0.25, 0.3) is 16.5 Å². The highest BCUT2D eigenvalue weighted by Gasteiger charge is 2.18. The number of allylic oxidation sites excluding steroid dienone is 2. The molecule has 4 heteroatoms. The fourth-order valence-electron chi connectivity index (χ4n) is 1.67. The third kappa shape index (κ3) is 2.33. The summed E-state index contributed by atoms with van der Waals surface area (Å²) in [5.41, 5.74) is 0.371. The van der Waals surface area contributed by atoms with Gasteiger partial charge in [0.1, 0.15) is 5.58 Å². The van der Waals surface area contributed by atoms with Crippen LogP contribution in [0, 0.1) is 0 Å². The van der Waals surface area contributed by atoms with E-state index >= 15 is 0 Å². The van der Waals surface area contributed by atoms with Gasteiger partial charge in [-0.3, -0.25) is 9.59 Å². The minimum atomic E-state index is -0.597. The molecule has 0 saturated carbocycles. The van der Waals surface area contributed by atoms with E-state index in [0.29, 0.717) is 16.5 Å². The number of hydrogen-bond donors (Lipinski definition) is 0. The molecule has 0 N–H and O–H groups in total. The predicted molar refractivity (Wildman–Crippen MR) is 73.0 cm³/mol. The first-order valence-electron chi connectivity index (χ1n) is 5.60. The van der Waals surface area contributed by atoms with Crippen molar-refractivity contribution in [1.29, 1.82) is 0 Å². The zero-order chi connectivity index (χ0) is 14.0. The normalized spacial score (nSPS) is 10.2. The van der Waals surface area contributed by atoms with E-state index in [-0.39, 0.29) is 11.5 Å². The van der Waals surface area contributed by atoms with Gasteiger partial charge in [0, 0.05) is 12.5 Å². The van der Waals surface area contributed by atoms with Crippen molar-refractivity contribution in [2.75, 3.05) is 0 Å². The molecule has 1 aromatic heterocycles. The molecule has 1 aromatic carbocycles. The lowest BCUT2D eigenvalue weighted by molar-refractivity contribution is -0.132. The Bertz CT molecular complexity index is 737. The quantitative estimate of drug-likeness (QED) is 0.625. The summed E-state index contributed by atoms with van der Waals surface area (Å²) in [6.45, 7) is 8.50. The van der Waals surface area contributed by atoms with Gasteiger partial charge in [0.15, 0.2) is 5.76 Å². The van der Waals surface area contributed by atoms with Crippen LogP contribution in [-0.4, -0.2) is 5.97 Å². The van der Waals surface area contributed by atoms with Gasteiger partial charge in [-0.05, 0) is 12.1 Å². The van der Waals surface area contributed by atoms with Crippen LogP contribution in [0.2, 0.25) is 0 Å². The topological polar surface area (TPSA) is 56.5 Å². The maximum atomic E-state index is 12.3. The number of para-hydroxylation sites is 1. The second-order valence-corrected chi connectivity index (χ2v) is 3.91. The van der Waals surface area contributed by atoms with Gasteiger partial charge in [-0.1, -0.05) is 31.4 Å². The molecule has 0 saturated heterocycles. The predicted octanol–water partition coefficient (Wildman–Crippen LogP) is 2.92. The van der Waals surface area contributed by atoms with E-state index in [9.17, 15) is 9.59 Å². The molecule has 1 heterocycles. The molecule has 0 atom stereocenters. The van der Waals surface area contributed by atoms with Crippen molar-refractivity contribution in [3.63, 3.8) is 0 Å². The minimum absolute atomic E-state index is 0.119. The van der Waals surface area contributed by atoms with Gasteiger partial charge in [-0.15, -0.1) is 0 Å². The number of hydrogen-bond acceptors (Lipinski definition) is 4. The highest BCUT2D eigenvalue weighted by atomic mass is 16.5. The van der Waals surface area contributed by atoms with Crippen molar-refractivity contribution < 1.29 is 13.9 Å². The fraction of sp³-hybridized carbons (Fsp3) is 0.0667. The van der Waals surface area contributed by atoms with Crippen molar-refractivity contribution in [3.05, 3.63) is 59.5 Å². The number of carbonyl (C=O) groups excluding carboxylic acids is 1. The lowest BCUT2D eigenvalue weighted by atomic mass is 10.1. The van der Waals surface area contributed by atoms with Crippen molar-refractivity contribution in [1.82, 2.24) is 0 Å². The standard InChI is InChI=1S/C15H12O4/c1-4-9(2)14-15(18-10(3)16)13(17)11-7-5-6-8-12(11)19-14/h4-8H,1-2H2,3H3. The highest BCUT2D eigenvalue weighted by molar-refractivity contribution is 5.84. The van der Waals surface area contributed by atoms with Crippen LogP contribution >= 0.6 is 0 Å². The maximum Gasteiger partial charge on any atom is 0.308 e. The number of carbonyl (C=O) groups is 1. The molecular weight excluding hydrogens is 244 g/mol. The summed E-state index contributed by atoms with van der Waals surface area (Å²) >= 11 is 0. The molecule has 96 valence electrons. The maximum absolute atomic E-state index is 12.3. The van der Waals surface area contributed by atoms with Crippen molar-refractivity contribution in [3.8, 4) is 5.75 Å². The van der Waals surface area contributed by atoms with Gasteiger partial charge in [0.05, 0.1) is 5.39 Å². The number of fused-ring (bicyclic) bond motifs is 1. The van der Waals surface area contributed by atoms with E-state index in [1.807, 2.05) is 0 Å². The van der Waals surface area contributed by atoms with Crippen molar-refractivity contribution in [2.24, 2.45) is 0 Å². The molecule has 0 aliphatic rings. The van der Waals surface area contributed by atoms with E-state index in [0.717, 1.165) is 0 Å². The zero-order valence-corrected chi connectivity index (χ0v) is 10.4. The molecule has 0 bridgehead atoms. The second-order valence-electron chi connectivity index (χ2n) is 3.91. The molecule has 0 aliphatic carbocycles. The molecule has 0 aliphatic heterocycles. The highest BCUT2D eigenvalue weighted by Crippen LogP contribution is 2.26. The largest absolute Gasteiger partial charge is 0.452 e. The van der Waals surface area contributed by atoms with E-state index in [1.165, 1.54) is 13.0 Å². The molecule has 0 spiro atoms. The first-order chi connectivity index (χ1) is 9.04. The number of benzene rings is 1. The molecule has 0 unspecified atom stereocenters. The third-order valence-corrected chi connectivity index (χ3v) is 2.54. The SMILES string of the molecule is C=CC(=C)c1oc2ccccc2c(=O)c1OC(C)=O. The Morgan fingerprint density at radius 1 is 1.37 bits per heavy atom. The Balaban J connectivity index is 2.84. The van der Waals surface area contributed by atoms with Gasteiger partial charge in [0.25, 0.3) is 0 Å². The molecular formula is C15H12O4. The molecule has 2 aromatic rings. The van der Waals surface area contributed by atoms with Gasteiger partial charge in [-0.25, -0.2) is 0 Å². The summed E-state index contributed by atoms with van der Waals surface area (Å²) in [6.07, 6.45) is 1.43. The molecule has 0 fully saturated rings. The first kappa shape index (κ1) is 12.8. The Kier molecular flexibility index (Phi) is 3.33. The summed E-state index contributed by atoms with van der Waals surface area (Å²) in [4.78, 5) is 23.4. The lowest BCUT2D eigenvalue weighted by Crippen LogP contribution is -2.14. The van der Waals surface area contributed by atoms with Crippen LogP contribution in [0.4, 0.5) is 0 Å². The van der Waals surface area contributed by atoms with E-state index in [2.05, 4.69) is 13.2 Å². The van der Waals surface area contributed by atoms with E-state index in [4.69, 9.17) is 9.15 Å². The van der Waals surface area contributed by atoms with Crippen molar-refractivity contribution >= 4 is 22.5 Å². The molecule has 0 radical (unpaired) electrons. The smallest absolute Gasteiger partial charge is 0.308 e. The van der Waals surface area contributed by atoms with Crippen LogP contribution in [0.15, 0.2) is 52.7 Å². The average molecular weight is 256 g/mol. The monoisotopic (exact) mass is 256 g/mol. The summed E-state index contributed by atoms with van der Waals surface area (Å²) in [7, 11) is 0. The molecule has 2 rings (SSSR count). The minimum Gasteiger partial charge on any atom is -0.452 e. The van der Waals surface area contributed by atoms with Gasteiger partial charge in [-0.2, -0.15) is 0 Å². The third-order valence-electron chi connectivity index (χ3n) is 2.54. The second kappa shape index (κ2) is 4.94. The molecule has 4 nitrogen and oxygen atoms in total. The van der Waals surface area contributed by atoms with Gasteiger partial charge < -0.3 is 9.15 Å². The lowest BCUT2D eigenvalue weighted by Gasteiger charge is -2.08. The van der Waals surface area contributed by atoms with Crippen LogP contribution in [0.3, 0.4) is 0 Å². The number of rotatable bonds is 3. The average Bonchev–Trinajstić information content (AvgIpc) is 2.40. The first-order valence-corrected chi connectivity index (χ1v) is 5.60. The van der Waals surface area contributed by atoms with Crippen LogP contribution in [-0.2, 0) is 4.79 Å². The van der Waals surface area contributed by atoms with E-state index < -0.39 is 11.4 Å². The fourth-order valence-corrected chi connectivity index (χ4v) is 1.67. The van der Waals surface area contributed by atoms with Crippen LogP contribution < -0.4 is 10.2 Å². The number of ether oxygens (including phenoxy) is 1. The van der Waals surface area contributed by atoms with Gasteiger partial charge in [0.2, 0.25) is 11.2 Å². The van der Waals surface area contributed by atoms with Gasteiger partial charge >= 0.3 is 5.97 Å².